The van der Waals surface area contributed by atoms with Gasteiger partial charge in [0.25, 0.3) is 0 Å². The van der Waals surface area contributed by atoms with Gasteiger partial charge in [-0.05, 0) is 19.1 Å². The number of carbonyl (C=O) groups excluding carboxylic acids is 1. The minimum atomic E-state index is -0.160. The molecular formula is C10H19NO3S. The quantitative estimate of drug-likeness (QED) is 0.732. The molecule has 0 aromatic rings. The van der Waals surface area contributed by atoms with E-state index in [0.717, 1.165) is 17.9 Å². The van der Waals surface area contributed by atoms with E-state index in [1.807, 2.05) is 18.7 Å². The first-order chi connectivity index (χ1) is 7.22. The van der Waals surface area contributed by atoms with Gasteiger partial charge in [-0.15, -0.1) is 0 Å². The van der Waals surface area contributed by atoms with E-state index in [9.17, 15) is 4.79 Å². The van der Waals surface area contributed by atoms with Gasteiger partial charge in [-0.2, -0.15) is 11.8 Å². The zero-order chi connectivity index (χ0) is 11.1. The molecule has 1 N–H and O–H groups in total. The van der Waals surface area contributed by atoms with Crippen molar-refractivity contribution in [1.82, 2.24) is 5.32 Å². The highest BCUT2D eigenvalue weighted by Crippen LogP contribution is 2.30. The van der Waals surface area contributed by atoms with E-state index in [2.05, 4.69) is 5.32 Å². The van der Waals surface area contributed by atoms with E-state index in [1.165, 1.54) is 0 Å². The van der Waals surface area contributed by atoms with Gasteiger partial charge in [-0.1, -0.05) is 0 Å². The lowest BCUT2D eigenvalue weighted by Gasteiger charge is -2.26. The first-order valence-corrected chi connectivity index (χ1v) is 6.35. The number of rotatable bonds is 6. The largest absolute Gasteiger partial charge is 0.376 e. The van der Waals surface area contributed by atoms with Gasteiger partial charge in [0.1, 0.15) is 6.61 Å². The molecule has 0 aromatic heterocycles. The SMILES string of the molecule is CCOCC(=O)NCC1(OC)CCSC1. The average molecular weight is 233 g/mol. The molecule has 1 saturated heterocycles. The van der Waals surface area contributed by atoms with Crippen LogP contribution >= 0.6 is 11.8 Å². The smallest absolute Gasteiger partial charge is 0.246 e. The highest BCUT2D eigenvalue weighted by atomic mass is 32.2. The van der Waals surface area contributed by atoms with Gasteiger partial charge in [0.15, 0.2) is 0 Å². The van der Waals surface area contributed by atoms with Crippen LogP contribution in [0.15, 0.2) is 0 Å². The lowest BCUT2D eigenvalue weighted by atomic mass is 10.0. The fraction of sp³-hybridized carbons (Fsp3) is 0.900. The second kappa shape index (κ2) is 6.35. The van der Waals surface area contributed by atoms with Crippen LogP contribution in [0.2, 0.25) is 0 Å². The third kappa shape index (κ3) is 4.01. The zero-order valence-corrected chi connectivity index (χ0v) is 10.2. The van der Waals surface area contributed by atoms with Crippen molar-refractivity contribution in [1.29, 1.82) is 0 Å². The van der Waals surface area contributed by atoms with Crippen LogP contribution < -0.4 is 5.32 Å². The van der Waals surface area contributed by atoms with Crippen molar-refractivity contribution in [2.45, 2.75) is 18.9 Å². The Labute approximate surface area is 95.1 Å². The van der Waals surface area contributed by atoms with Crippen molar-refractivity contribution >= 4 is 17.7 Å². The number of methoxy groups -OCH3 is 1. The Morgan fingerprint density at radius 2 is 2.40 bits per heavy atom. The number of carbonyl (C=O) groups is 1. The van der Waals surface area contributed by atoms with Crippen LogP contribution in [0.3, 0.4) is 0 Å². The lowest BCUT2D eigenvalue weighted by molar-refractivity contribution is -0.126. The Hall–Kier alpha value is -0.260. The van der Waals surface area contributed by atoms with Crippen molar-refractivity contribution < 1.29 is 14.3 Å². The van der Waals surface area contributed by atoms with Crippen LogP contribution in [-0.4, -0.2) is 49.9 Å². The topological polar surface area (TPSA) is 47.6 Å². The molecule has 0 radical (unpaired) electrons. The van der Waals surface area contributed by atoms with Crippen molar-refractivity contribution in [3.05, 3.63) is 0 Å². The first-order valence-electron chi connectivity index (χ1n) is 5.20. The standard InChI is InChI=1S/C10H19NO3S/c1-3-14-6-9(12)11-7-10(13-2)4-5-15-8-10/h3-8H2,1-2H3,(H,11,12). The van der Waals surface area contributed by atoms with Gasteiger partial charge in [0, 0.05) is 26.0 Å². The molecule has 1 unspecified atom stereocenters. The van der Waals surface area contributed by atoms with E-state index in [-0.39, 0.29) is 18.1 Å². The molecule has 0 spiro atoms. The summed E-state index contributed by atoms with van der Waals surface area (Å²) in [6.45, 7) is 3.17. The highest BCUT2D eigenvalue weighted by Gasteiger charge is 2.34. The third-order valence-electron chi connectivity index (χ3n) is 2.55. The molecular weight excluding hydrogens is 214 g/mol. The summed E-state index contributed by atoms with van der Waals surface area (Å²) in [5.74, 6) is 2.00. The normalized spacial score (nSPS) is 25.5. The van der Waals surface area contributed by atoms with E-state index in [1.54, 1.807) is 7.11 Å². The molecule has 1 atom stereocenters. The van der Waals surface area contributed by atoms with E-state index < -0.39 is 0 Å². The van der Waals surface area contributed by atoms with Gasteiger partial charge in [0.05, 0.1) is 5.60 Å². The summed E-state index contributed by atoms with van der Waals surface area (Å²) < 4.78 is 10.5. The fourth-order valence-corrected chi connectivity index (χ4v) is 2.86. The van der Waals surface area contributed by atoms with Gasteiger partial charge < -0.3 is 14.8 Å². The number of ether oxygens (including phenoxy) is 2. The Balaban J connectivity index is 2.25. The van der Waals surface area contributed by atoms with Gasteiger partial charge in [0.2, 0.25) is 5.91 Å². The predicted octanol–water partition coefficient (Wildman–Crippen LogP) is 0.661. The number of hydrogen-bond donors (Lipinski definition) is 1. The molecule has 88 valence electrons. The zero-order valence-electron chi connectivity index (χ0n) is 9.38. The maximum absolute atomic E-state index is 11.3. The van der Waals surface area contributed by atoms with Crippen molar-refractivity contribution in [2.75, 3.05) is 38.4 Å². The summed E-state index contributed by atoms with van der Waals surface area (Å²) >= 11 is 1.87. The van der Waals surface area contributed by atoms with E-state index in [4.69, 9.17) is 9.47 Å². The van der Waals surface area contributed by atoms with Crippen LogP contribution in [0.4, 0.5) is 0 Å². The molecule has 1 aliphatic rings. The summed E-state index contributed by atoms with van der Waals surface area (Å²) in [5, 5.41) is 2.85. The van der Waals surface area contributed by atoms with Crippen molar-refractivity contribution in [3.8, 4) is 0 Å². The summed E-state index contributed by atoms with van der Waals surface area (Å²) in [6, 6.07) is 0. The average Bonchev–Trinajstić information content (AvgIpc) is 2.73. The molecule has 1 aliphatic heterocycles. The van der Waals surface area contributed by atoms with Gasteiger partial charge in [-0.3, -0.25) is 4.79 Å². The molecule has 1 heterocycles. The fourth-order valence-electron chi connectivity index (χ4n) is 1.47. The minimum Gasteiger partial charge on any atom is -0.376 e. The Kier molecular flexibility index (Phi) is 5.42. The number of thioether (sulfide) groups is 1. The molecule has 5 heteroatoms. The monoisotopic (exact) mass is 233 g/mol. The summed E-state index contributed by atoms with van der Waals surface area (Å²) in [5.41, 5.74) is -0.160. The summed E-state index contributed by atoms with van der Waals surface area (Å²) in [4.78, 5) is 11.3. The molecule has 4 nitrogen and oxygen atoms in total. The molecule has 1 amide bonds. The number of hydrogen-bond acceptors (Lipinski definition) is 4. The molecule has 0 bridgehead atoms. The van der Waals surface area contributed by atoms with Crippen LogP contribution in [-0.2, 0) is 14.3 Å². The molecule has 0 aromatic carbocycles. The molecule has 15 heavy (non-hydrogen) atoms. The number of amides is 1. The Morgan fingerprint density at radius 3 is 2.93 bits per heavy atom. The first kappa shape index (κ1) is 12.8. The molecule has 1 rings (SSSR count). The van der Waals surface area contributed by atoms with Crippen molar-refractivity contribution in [2.24, 2.45) is 0 Å². The van der Waals surface area contributed by atoms with Crippen LogP contribution in [0.5, 0.6) is 0 Å². The Morgan fingerprint density at radius 1 is 1.60 bits per heavy atom. The molecule has 1 fully saturated rings. The van der Waals surface area contributed by atoms with Crippen molar-refractivity contribution in [3.63, 3.8) is 0 Å². The Bertz CT molecular complexity index is 205. The molecule has 0 saturated carbocycles. The predicted molar refractivity (Wildman–Crippen MR) is 61.2 cm³/mol. The van der Waals surface area contributed by atoms with Crippen LogP contribution in [0, 0.1) is 0 Å². The van der Waals surface area contributed by atoms with E-state index >= 15 is 0 Å². The third-order valence-corrected chi connectivity index (χ3v) is 3.77. The maximum atomic E-state index is 11.3. The van der Waals surface area contributed by atoms with Crippen LogP contribution in [0.1, 0.15) is 13.3 Å². The van der Waals surface area contributed by atoms with Gasteiger partial charge >= 0.3 is 0 Å². The number of nitrogens with one attached hydrogen (secondary N) is 1. The maximum Gasteiger partial charge on any atom is 0.246 e. The summed E-state index contributed by atoms with van der Waals surface area (Å²) in [7, 11) is 1.71. The summed E-state index contributed by atoms with van der Waals surface area (Å²) in [6.07, 6.45) is 1.00. The second-order valence-electron chi connectivity index (χ2n) is 3.60. The highest BCUT2D eigenvalue weighted by molar-refractivity contribution is 7.99. The minimum absolute atomic E-state index is 0.0647. The second-order valence-corrected chi connectivity index (χ2v) is 4.71. The van der Waals surface area contributed by atoms with Crippen LogP contribution in [0.25, 0.3) is 0 Å². The lowest BCUT2D eigenvalue weighted by Crippen LogP contribution is -2.45. The van der Waals surface area contributed by atoms with Gasteiger partial charge in [-0.25, -0.2) is 0 Å². The molecule has 0 aliphatic carbocycles. The van der Waals surface area contributed by atoms with E-state index in [0.29, 0.717) is 13.2 Å².